The van der Waals surface area contributed by atoms with E-state index in [1.165, 1.54) is 11.1 Å². The third-order valence-corrected chi connectivity index (χ3v) is 6.44. The lowest BCUT2D eigenvalue weighted by Crippen LogP contribution is -2.41. The molecule has 35 heavy (non-hydrogen) atoms. The van der Waals surface area contributed by atoms with Crippen LogP contribution in [0.1, 0.15) is 75.8 Å². The zero-order valence-corrected chi connectivity index (χ0v) is 20.6. The number of benzene rings is 2. The monoisotopic (exact) mass is 480 g/mol. The third-order valence-electron chi connectivity index (χ3n) is 6.44. The lowest BCUT2D eigenvalue weighted by atomic mass is 9.98. The molecule has 0 saturated carbocycles. The lowest BCUT2D eigenvalue weighted by molar-refractivity contribution is -0.137. The number of aliphatic carboxylic acids is 1. The fourth-order valence-electron chi connectivity index (χ4n) is 4.67. The zero-order chi connectivity index (χ0) is 25.2. The summed E-state index contributed by atoms with van der Waals surface area (Å²) in [5.41, 5.74) is 4.65. The zero-order valence-electron chi connectivity index (χ0n) is 20.6. The van der Waals surface area contributed by atoms with Crippen molar-refractivity contribution >= 4 is 18.0 Å². The largest absolute Gasteiger partial charge is 0.481 e. The predicted molar refractivity (Wildman–Crippen MR) is 135 cm³/mol. The molecule has 3 rings (SSSR count). The SMILES string of the molecule is CCCC[C@@H](CC(=O)NC(C)CCCC(=O)O)NC(=O)OCC1c2ccccc2-c2ccccc21. The first-order valence-electron chi connectivity index (χ1n) is 12.5. The average molecular weight is 481 g/mol. The Morgan fingerprint density at radius 3 is 2.17 bits per heavy atom. The number of carbonyl (C=O) groups is 3. The van der Waals surface area contributed by atoms with E-state index < -0.39 is 12.1 Å². The fourth-order valence-corrected chi connectivity index (χ4v) is 4.67. The summed E-state index contributed by atoms with van der Waals surface area (Å²) in [5, 5.41) is 14.6. The normalized spacial score (nSPS) is 13.9. The van der Waals surface area contributed by atoms with Gasteiger partial charge in [0, 0.05) is 30.8 Å². The Hall–Kier alpha value is -3.35. The van der Waals surface area contributed by atoms with E-state index in [0.717, 1.165) is 24.0 Å². The molecule has 3 N–H and O–H groups in total. The summed E-state index contributed by atoms with van der Waals surface area (Å²) in [5.74, 6) is -1.01. The van der Waals surface area contributed by atoms with Gasteiger partial charge >= 0.3 is 12.1 Å². The second-order valence-electron chi connectivity index (χ2n) is 9.27. The van der Waals surface area contributed by atoms with Gasteiger partial charge in [-0.15, -0.1) is 0 Å². The quantitative estimate of drug-likeness (QED) is 0.364. The van der Waals surface area contributed by atoms with E-state index in [1.807, 2.05) is 31.2 Å². The Bertz CT molecular complexity index is 976. The van der Waals surface area contributed by atoms with Crippen LogP contribution in [0.3, 0.4) is 0 Å². The molecule has 2 aromatic rings. The number of carboxylic acids is 1. The minimum Gasteiger partial charge on any atom is -0.481 e. The minimum atomic E-state index is -0.838. The highest BCUT2D eigenvalue weighted by atomic mass is 16.5. The van der Waals surface area contributed by atoms with E-state index in [2.05, 4.69) is 41.8 Å². The molecule has 188 valence electrons. The number of hydrogen-bond acceptors (Lipinski definition) is 4. The van der Waals surface area contributed by atoms with Crippen molar-refractivity contribution in [2.75, 3.05) is 6.61 Å². The molecule has 0 bridgehead atoms. The summed E-state index contributed by atoms with van der Waals surface area (Å²) in [7, 11) is 0. The molecule has 7 heteroatoms. The van der Waals surface area contributed by atoms with Crippen LogP contribution in [-0.2, 0) is 14.3 Å². The molecule has 1 aliphatic rings. The van der Waals surface area contributed by atoms with Crippen LogP contribution in [0.2, 0.25) is 0 Å². The number of alkyl carbamates (subject to hydrolysis) is 1. The van der Waals surface area contributed by atoms with Crippen LogP contribution < -0.4 is 10.6 Å². The Morgan fingerprint density at radius 2 is 1.57 bits per heavy atom. The van der Waals surface area contributed by atoms with Gasteiger partial charge in [-0.3, -0.25) is 9.59 Å². The Kier molecular flexibility index (Phi) is 9.70. The van der Waals surface area contributed by atoms with Crippen molar-refractivity contribution in [2.45, 2.75) is 76.8 Å². The maximum Gasteiger partial charge on any atom is 0.407 e. The number of amides is 2. The summed E-state index contributed by atoms with van der Waals surface area (Å²) in [6.45, 7) is 4.15. The summed E-state index contributed by atoms with van der Waals surface area (Å²) in [6.07, 6.45) is 3.35. The van der Waals surface area contributed by atoms with Crippen LogP contribution in [0.25, 0.3) is 11.1 Å². The molecule has 1 unspecified atom stereocenters. The van der Waals surface area contributed by atoms with E-state index >= 15 is 0 Å². The molecule has 7 nitrogen and oxygen atoms in total. The molecule has 2 amide bonds. The maximum atomic E-state index is 12.7. The van der Waals surface area contributed by atoms with Gasteiger partial charge in [0.05, 0.1) is 0 Å². The molecule has 0 fully saturated rings. The molecular formula is C28H36N2O5. The van der Waals surface area contributed by atoms with Crippen LogP contribution >= 0.6 is 0 Å². The minimum absolute atomic E-state index is 0.0165. The predicted octanol–water partition coefficient (Wildman–Crippen LogP) is 5.23. The van der Waals surface area contributed by atoms with E-state index in [9.17, 15) is 14.4 Å². The lowest BCUT2D eigenvalue weighted by Gasteiger charge is -2.21. The Morgan fingerprint density at radius 1 is 0.943 bits per heavy atom. The molecule has 0 aromatic heterocycles. The summed E-state index contributed by atoms with van der Waals surface area (Å²) in [4.78, 5) is 35.9. The van der Waals surface area contributed by atoms with Gasteiger partial charge in [0.25, 0.3) is 0 Å². The van der Waals surface area contributed by atoms with Crippen LogP contribution in [0.4, 0.5) is 4.79 Å². The second-order valence-corrected chi connectivity index (χ2v) is 9.27. The number of rotatable bonds is 13. The van der Waals surface area contributed by atoms with Gasteiger partial charge in [-0.1, -0.05) is 68.3 Å². The van der Waals surface area contributed by atoms with Crippen molar-refractivity contribution in [3.05, 3.63) is 59.7 Å². The van der Waals surface area contributed by atoms with Crippen molar-refractivity contribution in [3.63, 3.8) is 0 Å². The van der Waals surface area contributed by atoms with Crippen molar-refractivity contribution in [3.8, 4) is 11.1 Å². The summed E-state index contributed by atoms with van der Waals surface area (Å²) >= 11 is 0. The Labute approximate surface area is 207 Å². The molecule has 2 atom stereocenters. The van der Waals surface area contributed by atoms with Gasteiger partial charge in [0.1, 0.15) is 6.61 Å². The van der Waals surface area contributed by atoms with Crippen LogP contribution in [-0.4, -0.2) is 41.8 Å². The molecule has 2 aromatic carbocycles. The van der Waals surface area contributed by atoms with E-state index in [0.29, 0.717) is 19.3 Å². The molecule has 0 aliphatic heterocycles. The van der Waals surface area contributed by atoms with Crippen LogP contribution in [0, 0.1) is 0 Å². The molecule has 0 radical (unpaired) electrons. The number of nitrogens with one attached hydrogen (secondary N) is 2. The highest BCUT2D eigenvalue weighted by Crippen LogP contribution is 2.44. The van der Waals surface area contributed by atoms with Gasteiger partial charge in [-0.05, 0) is 48.4 Å². The van der Waals surface area contributed by atoms with Gasteiger partial charge < -0.3 is 20.5 Å². The van der Waals surface area contributed by atoms with E-state index in [-0.39, 0.29) is 43.4 Å². The number of unbranched alkanes of at least 4 members (excludes halogenated alkanes) is 1. The number of carboxylic acid groups (broad SMARTS) is 1. The highest BCUT2D eigenvalue weighted by Gasteiger charge is 2.29. The van der Waals surface area contributed by atoms with Crippen LogP contribution in [0.5, 0.6) is 0 Å². The number of carbonyl (C=O) groups excluding carboxylic acids is 2. The van der Waals surface area contributed by atoms with Gasteiger partial charge in [0.2, 0.25) is 5.91 Å². The standard InChI is InChI=1S/C28H36N2O5/c1-3-4-11-20(17-26(31)29-19(2)10-9-16-27(32)33)30-28(34)35-18-25-23-14-7-5-12-21(23)22-13-6-8-15-24(22)25/h5-8,12-15,19-20,25H,3-4,9-11,16-18H2,1-2H3,(H,29,31)(H,30,34)(H,32,33)/t19?,20-/m0/s1. The topological polar surface area (TPSA) is 105 Å². The molecule has 1 aliphatic carbocycles. The van der Waals surface area contributed by atoms with Crippen molar-refractivity contribution in [2.24, 2.45) is 0 Å². The third kappa shape index (κ3) is 7.57. The van der Waals surface area contributed by atoms with Crippen LogP contribution in [0.15, 0.2) is 48.5 Å². The average Bonchev–Trinajstić information content (AvgIpc) is 3.14. The fraction of sp³-hybridized carbons (Fsp3) is 0.464. The highest BCUT2D eigenvalue weighted by molar-refractivity contribution is 5.79. The summed E-state index contributed by atoms with van der Waals surface area (Å²) in [6, 6.07) is 15.9. The summed E-state index contributed by atoms with van der Waals surface area (Å²) < 4.78 is 5.65. The molecular weight excluding hydrogens is 444 g/mol. The van der Waals surface area contributed by atoms with Gasteiger partial charge in [-0.2, -0.15) is 0 Å². The van der Waals surface area contributed by atoms with Crippen molar-refractivity contribution in [1.82, 2.24) is 10.6 Å². The first-order valence-corrected chi connectivity index (χ1v) is 12.5. The van der Waals surface area contributed by atoms with Gasteiger partial charge in [0.15, 0.2) is 0 Å². The first-order chi connectivity index (χ1) is 16.9. The number of fused-ring (bicyclic) bond motifs is 3. The second kappa shape index (κ2) is 12.9. The maximum absolute atomic E-state index is 12.7. The molecule has 0 saturated heterocycles. The smallest absolute Gasteiger partial charge is 0.407 e. The Balaban J connectivity index is 1.53. The first kappa shape index (κ1) is 26.3. The van der Waals surface area contributed by atoms with E-state index in [4.69, 9.17) is 9.84 Å². The van der Waals surface area contributed by atoms with Gasteiger partial charge in [-0.25, -0.2) is 4.79 Å². The molecule has 0 heterocycles. The van der Waals surface area contributed by atoms with Crippen molar-refractivity contribution in [1.29, 1.82) is 0 Å². The number of hydrogen-bond donors (Lipinski definition) is 3. The van der Waals surface area contributed by atoms with Crippen molar-refractivity contribution < 1.29 is 24.2 Å². The number of ether oxygens (including phenoxy) is 1. The van der Waals surface area contributed by atoms with E-state index in [1.54, 1.807) is 0 Å². The molecule has 0 spiro atoms.